The molecule has 5 rings (SSSR count). The SMILES string of the molecule is Cc1cc(Cn2cnc3c2CC(C(=O)O)N(C(=O)C(c2ccc(Cl)cc2)c2ccc(Cl)cc2)C3)ccc1N(C)C. The molecule has 1 amide bonds. The fourth-order valence-electron chi connectivity index (χ4n) is 5.44. The number of hydrogen-bond donors (Lipinski definition) is 1. The molecule has 1 aliphatic rings. The molecule has 0 bridgehead atoms. The minimum atomic E-state index is -1.05. The fraction of sp³-hybridized carbons (Fsp3) is 0.258. The van der Waals surface area contributed by atoms with Gasteiger partial charge in [-0.3, -0.25) is 4.79 Å². The summed E-state index contributed by atoms with van der Waals surface area (Å²) in [5.41, 5.74) is 6.37. The van der Waals surface area contributed by atoms with Crippen LogP contribution in [0.4, 0.5) is 5.69 Å². The molecule has 1 aromatic heterocycles. The fourth-order valence-corrected chi connectivity index (χ4v) is 5.69. The summed E-state index contributed by atoms with van der Waals surface area (Å²) < 4.78 is 1.99. The van der Waals surface area contributed by atoms with Crippen molar-refractivity contribution in [3.8, 4) is 0 Å². The summed E-state index contributed by atoms with van der Waals surface area (Å²) in [6, 6.07) is 19.3. The molecule has 1 atom stereocenters. The quantitative estimate of drug-likeness (QED) is 0.301. The van der Waals surface area contributed by atoms with Crippen LogP contribution in [0.15, 0.2) is 73.1 Å². The first-order chi connectivity index (χ1) is 19.1. The van der Waals surface area contributed by atoms with E-state index < -0.39 is 17.9 Å². The van der Waals surface area contributed by atoms with Crippen molar-refractivity contribution < 1.29 is 14.7 Å². The molecule has 4 aromatic rings. The third-order valence-corrected chi connectivity index (χ3v) is 7.94. The number of fused-ring (bicyclic) bond motifs is 1. The second kappa shape index (κ2) is 11.4. The minimum absolute atomic E-state index is 0.106. The van der Waals surface area contributed by atoms with Crippen LogP contribution in [0.3, 0.4) is 0 Å². The van der Waals surface area contributed by atoms with Crippen LogP contribution in [0.25, 0.3) is 0 Å². The summed E-state index contributed by atoms with van der Waals surface area (Å²) in [4.78, 5) is 34.8. The highest BCUT2D eigenvalue weighted by Gasteiger charge is 2.40. The van der Waals surface area contributed by atoms with E-state index >= 15 is 0 Å². The van der Waals surface area contributed by atoms with Gasteiger partial charge in [0.2, 0.25) is 5.91 Å². The summed E-state index contributed by atoms with van der Waals surface area (Å²) in [6.07, 6.45) is 1.90. The van der Waals surface area contributed by atoms with Gasteiger partial charge in [0.25, 0.3) is 0 Å². The third-order valence-electron chi connectivity index (χ3n) is 7.43. The summed E-state index contributed by atoms with van der Waals surface area (Å²) >= 11 is 12.2. The first-order valence-electron chi connectivity index (χ1n) is 13.0. The number of benzene rings is 3. The van der Waals surface area contributed by atoms with E-state index in [1.807, 2.05) is 18.7 Å². The van der Waals surface area contributed by atoms with Gasteiger partial charge < -0.3 is 19.5 Å². The average molecular weight is 578 g/mol. The molecule has 0 fully saturated rings. The molecule has 0 saturated carbocycles. The lowest BCUT2D eigenvalue weighted by Crippen LogP contribution is -2.50. The summed E-state index contributed by atoms with van der Waals surface area (Å²) in [5, 5.41) is 11.4. The lowest BCUT2D eigenvalue weighted by Gasteiger charge is -2.35. The second-order valence-electron chi connectivity index (χ2n) is 10.3. The van der Waals surface area contributed by atoms with Crippen LogP contribution >= 0.6 is 23.2 Å². The summed E-state index contributed by atoms with van der Waals surface area (Å²) in [6.45, 7) is 2.74. The van der Waals surface area contributed by atoms with Crippen molar-refractivity contribution in [2.24, 2.45) is 0 Å². The van der Waals surface area contributed by atoms with E-state index in [-0.39, 0.29) is 18.9 Å². The molecule has 0 radical (unpaired) electrons. The smallest absolute Gasteiger partial charge is 0.326 e. The molecular weight excluding hydrogens is 547 g/mol. The number of nitrogens with zero attached hydrogens (tertiary/aromatic N) is 4. The van der Waals surface area contributed by atoms with Gasteiger partial charge in [-0.1, -0.05) is 59.6 Å². The average Bonchev–Trinajstić information content (AvgIpc) is 3.31. The Balaban J connectivity index is 1.47. The number of anilines is 1. The van der Waals surface area contributed by atoms with Crippen LogP contribution in [0.2, 0.25) is 10.0 Å². The van der Waals surface area contributed by atoms with Crippen molar-refractivity contribution in [3.63, 3.8) is 0 Å². The molecule has 0 aliphatic carbocycles. The van der Waals surface area contributed by atoms with Gasteiger partial charge in [-0.05, 0) is 59.5 Å². The Labute approximate surface area is 243 Å². The number of carbonyl (C=O) groups excluding carboxylic acids is 1. The Morgan fingerprint density at radius 1 is 1.00 bits per heavy atom. The van der Waals surface area contributed by atoms with Crippen molar-refractivity contribution in [3.05, 3.63) is 117 Å². The monoisotopic (exact) mass is 576 g/mol. The number of aromatic nitrogens is 2. The van der Waals surface area contributed by atoms with E-state index in [0.717, 1.165) is 22.5 Å². The van der Waals surface area contributed by atoms with Crippen molar-refractivity contribution in [1.29, 1.82) is 0 Å². The number of carboxylic acids is 1. The van der Waals surface area contributed by atoms with Gasteiger partial charge in [-0.15, -0.1) is 0 Å². The van der Waals surface area contributed by atoms with Gasteiger partial charge in [0.15, 0.2) is 0 Å². The molecule has 0 spiro atoms. The van der Waals surface area contributed by atoms with Gasteiger partial charge in [0, 0.05) is 48.5 Å². The molecular formula is C31H30Cl2N4O3. The van der Waals surface area contributed by atoms with E-state index in [1.54, 1.807) is 54.9 Å². The van der Waals surface area contributed by atoms with Gasteiger partial charge in [0.1, 0.15) is 6.04 Å². The number of aliphatic carboxylic acids is 1. The summed E-state index contributed by atoms with van der Waals surface area (Å²) in [7, 11) is 4.02. The van der Waals surface area contributed by atoms with Crippen LogP contribution in [0.5, 0.6) is 0 Å². The topological polar surface area (TPSA) is 78.7 Å². The zero-order valence-corrected chi connectivity index (χ0v) is 24.0. The number of imidazole rings is 1. The number of rotatable bonds is 7. The van der Waals surface area contributed by atoms with Crippen molar-refractivity contribution in [1.82, 2.24) is 14.5 Å². The maximum Gasteiger partial charge on any atom is 0.326 e. The Bertz CT molecular complexity index is 1500. The molecule has 206 valence electrons. The predicted molar refractivity (Wildman–Crippen MR) is 157 cm³/mol. The Hall–Kier alpha value is -3.81. The molecule has 40 heavy (non-hydrogen) atoms. The molecule has 1 unspecified atom stereocenters. The maximum atomic E-state index is 14.2. The maximum absolute atomic E-state index is 14.2. The highest BCUT2D eigenvalue weighted by Crippen LogP contribution is 2.33. The van der Waals surface area contributed by atoms with E-state index in [9.17, 15) is 14.7 Å². The molecule has 2 heterocycles. The largest absolute Gasteiger partial charge is 0.480 e. The van der Waals surface area contributed by atoms with Crippen molar-refractivity contribution >= 4 is 40.8 Å². The lowest BCUT2D eigenvalue weighted by atomic mass is 9.88. The Morgan fingerprint density at radius 3 is 2.12 bits per heavy atom. The number of aryl methyl sites for hydroxylation is 1. The van der Waals surface area contributed by atoms with Crippen LogP contribution < -0.4 is 4.90 Å². The molecule has 7 nitrogen and oxygen atoms in total. The minimum Gasteiger partial charge on any atom is -0.480 e. The van der Waals surface area contributed by atoms with Crippen LogP contribution in [0.1, 0.15) is 39.6 Å². The van der Waals surface area contributed by atoms with Gasteiger partial charge in [-0.2, -0.15) is 0 Å². The lowest BCUT2D eigenvalue weighted by molar-refractivity contribution is -0.151. The van der Waals surface area contributed by atoms with Crippen LogP contribution in [-0.2, 0) is 29.1 Å². The number of carbonyl (C=O) groups is 2. The number of halogens is 2. The molecule has 1 N–H and O–H groups in total. The third kappa shape index (κ3) is 5.58. The molecule has 3 aromatic carbocycles. The van der Waals surface area contributed by atoms with E-state index in [1.165, 1.54) is 4.90 Å². The second-order valence-corrected chi connectivity index (χ2v) is 11.2. The molecule has 0 saturated heterocycles. The number of amides is 1. The number of carboxylic acid groups (broad SMARTS) is 1. The van der Waals surface area contributed by atoms with Gasteiger partial charge >= 0.3 is 5.97 Å². The first-order valence-corrected chi connectivity index (χ1v) is 13.7. The predicted octanol–water partition coefficient (Wildman–Crippen LogP) is 5.78. The normalized spacial score (nSPS) is 14.8. The highest BCUT2D eigenvalue weighted by atomic mass is 35.5. The van der Waals surface area contributed by atoms with Crippen LogP contribution in [0, 0.1) is 6.92 Å². The first kappa shape index (κ1) is 27.7. The van der Waals surface area contributed by atoms with Crippen LogP contribution in [-0.4, -0.2) is 51.6 Å². The van der Waals surface area contributed by atoms with Gasteiger partial charge in [0.05, 0.1) is 24.5 Å². The molecule has 1 aliphatic heterocycles. The van der Waals surface area contributed by atoms with Crippen molar-refractivity contribution in [2.75, 3.05) is 19.0 Å². The summed E-state index contributed by atoms with van der Waals surface area (Å²) in [5.74, 6) is -2.09. The molecule has 9 heteroatoms. The Kier molecular flexibility index (Phi) is 7.88. The number of hydrogen-bond acceptors (Lipinski definition) is 4. The highest BCUT2D eigenvalue weighted by molar-refractivity contribution is 6.30. The van der Waals surface area contributed by atoms with E-state index in [0.29, 0.717) is 33.4 Å². The van der Waals surface area contributed by atoms with E-state index in [2.05, 4.69) is 35.0 Å². The zero-order chi connectivity index (χ0) is 28.6. The standard InChI is InChI=1S/C31H30Cl2N4O3/c1-19-14-20(4-13-26(19)35(2)3)16-36-18-34-25-17-37(28(31(39)40)15-27(25)36)30(38)29(21-5-9-23(32)10-6-21)22-7-11-24(33)12-8-22/h4-14,18,28-29H,15-17H2,1-3H3,(H,39,40). The van der Waals surface area contributed by atoms with E-state index in [4.69, 9.17) is 23.2 Å². The zero-order valence-electron chi connectivity index (χ0n) is 22.5. The van der Waals surface area contributed by atoms with Gasteiger partial charge in [-0.25, -0.2) is 9.78 Å². The Morgan fingerprint density at radius 2 is 1.60 bits per heavy atom. The van der Waals surface area contributed by atoms with Crippen molar-refractivity contribution in [2.45, 2.75) is 38.4 Å².